The second-order valence-electron chi connectivity index (χ2n) is 6.38. The van der Waals surface area contributed by atoms with Gasteiger partial charge in [0, 0.05) is 11.5 Å². The van der Waals surface area contributed by atoms with Crippen molar-refractivity contribution in [3.63, 3.8) is 0 Å². The normalized spacial score (nSPS) is 12.5. The van der Waals surface area contributed by atoms with E-state index in [1.165, 1.54) is 12.1 Å². The minimum Gasteiger partial charge on any atom is -0.508 e. The summed E-state index contributed by atoms with van der Waals surface area (Å²) in [7, 11) is 0. The highest BCUT2D eigenvalue weighted by Gasteiger charge is 2.25. The van der Waals surface area contributed by atoms with E-state index in [1.807, 2.05) is 6.92 Å². The Balaban J connectivity index is 2.06. The number of phenolic OH excluding ortho intramolecular Hbond substituents is 1. The molecule has 0 spiro atoms. The first kappa shape index (κ1) is 22.3. The molecular weight excluding hydrogens is 394 g/mol. The van der Waals surface area contributed by atoms with Gasteiger partial charge in [-0.25, -0.2) is 4.79 Å². The molecule has 2 aromatic rings. The van der Waals surface area contributed by atoms with E-state index in [-0.39, 0.29) is 24.0 Å². The van der Waals surface area contributed by atoms with Crippen LogP contribution in [0.5, 0.6) is 5.75 Å². The van der Waals surface area contributed by atoms with Crippen molar-refractivity contribution in [2.24, 2.45) is 5.92 Å². The summed E-state index contributed by atoms with van der Waals surface area (Å²) >= 11 is 3.85. The molecule has 0 saturated heterocycles. The van der Waals surface area contributed by atoms with Crippen LogP contribution in [0.3, 0.4) is 0 Å². The molecule has 0 aromatic heterocycles. The molecule has 0 radical (unpaired) electrons. The lowest BCUT2D eigenvalue weighted by molar-refractivity contribution is -0.141. The van der Waals surface area contributed by atoms with Crippen LogP contribution in [0.15, 0.2) is 54.6 Å². The van der Waals surface area contributed by atoms with Crippen LogP contribution in [0.2, 0.25) is 0 Å². The minimum absolute atomic E-state index is 0.0176. The number of hydrogen-bond acceptors (Lipinski definition) is 7. The van der Waals surface area contributed by atoms with Gasteiger partial charge in [-0.1, -0.05) is 37.3 Å². The van der Waals surface area contributed by atoms with Crippen LogP contribution in [0.25, 0.3) is 0 Å². The van der Waals surface area contributed by atoms with E-state index in [1.54, 1.807) is 42.5 Å². The van der Waals surface area contributed by atoms with Gasteiger partial charge >= 0.3 is 12.1 Å². The maximum atomic E-state index is 12.3. The number of hydrogen-bond donors (Lipinski definition) is 3. The number of rotatable bonds is 8. The third-order valence-corrected chi connectivity index (χ3v) is 4.45. The molecule has 0 heterocycles. The molecule has 0 fully saturated rings. The van der Waals surface area contributed by atoms with Crippen molar-refractivity contribution in [3.8, 4) is 5.75 Å². The first-order valence-corrected chi connectivity index (χ1v) is 9.66. The first-order valence-electron chi connectivity index (χ1n) is 9.03. The Kier molecular flexibility index (Phi) is 8.54. The highest BCUT2D eigenvalue weighted by molar-refractivity contribution is 7.81. The Hall–Kier alpha value is -3.00. The Morgan fingerprint density at radius 2 is 1.72 bits per heavy atom. The molecule has 0 unspecified atom stereocenters. The van der Waals surface area contributed by atoms with Crippen LogP contribution in [-0.4, -0.2) is 35.4 Å². The number of nitrogens with one attached hydrogen (secondary N) is 1. The highest BCUT2D eigenvalue weighted by atomic mass is 32.1. The van der Waals surface area contributed by atoms with E-state index >= 15 is 0 Å². The first-order chi connectivity index (χ1) is 13.9. The summed E-state index contributed by atoms with van der Waals surface area (Å²) in [6, 6.07) is 14.5. The van der Waals surface area contributed by atoms with Crippen molar-refractivity contribution < 1.29 is 29.0 Å². The topological polar surface area (TPSA) is 102 Å². The molecular formula is C21H23NO6S. The number of amides is 2. The van der Waals surface area contributed by atoms with Gasteiger partial charge in [-0.05, 0) is 36.2 Å². The second kappa shape index (κ2) is 11.1. The quantitative estimate of drug-likeness (QED) is 0.449. The predicted octanol–water partition coefficient (Wildman–Crippen LogP) is 3.50. The number of alkyl carbamates (subject to hydrolysis) is 1. The zero-order valence-electron chi connectivity index (χ0n) is 15.9. The number of thiol groups is 1. The number of esters is 1. The van der Waals surface area contributed by atoms with Gasteiger partial charge < -0.3 is 14.6 Å². The molecule has 0 aliphatic carbocycles. The van der Waals surface area contributed by atoms with Gasteiger partial charge in [0.05, 0.1) is 12.4 Å². The Labute approximate surface area is 174 Å². The number of carbonyl (C=O) groups is 3. The van der Waals surface area contributed by atoms with Crippen molar-refractivity contribution >= 4 is 30.6 Å². The Morgan fingerprint density at radius 3 is 2.34 bits per heavy atom. The predicted molar refractivity (Wildman–Crippen MR) is 110 cm³/mol. The monoisotopic (exact) mass is 417 g/mol. The maximum absolute atomic E-state index is 12.3. The smallest absolute Gasteiger partial charge is 0.414 e. The zero-order valence-corrected chi connectivity index (χ0v) is 16.8. The molecule has 2 amide bonds. The molecule has 0 aliphatic heterocycles. The molecule has 8 heteroatoms. The third-order valence-electron chi connectivity index (χ3n) is 4.19. The van der Waals surface area contributed by atoms with Crippen LogP contribution < -0.4 is 5.32 Å². The van der Waals surface area contributed by atoms with Gasteiger partial charge in [-0.3, -0.25) is 14.9 Å². The van der Waals surface area contributed by atoms with Crippen molar-refractivity contribution in [2.45, 2.75) is 19.4 Å². The number of imide groups is 1. The van der Waals surface area contributed by atoms with E-state index in [0.29, 0.717) is 17.5 Å². The van der Waals surface area contributed by atoms with Gasteiger partial charge in [-0.15, -0.1) is 0 Å². The van der Waals surface area contributed by atoms with Crippen LogP contribution in [0.4, 0.5) is 4.79 Å². The van der Waals surface area contributed by atoms with E-state index in [2.05, 4.69) is 17.9 Å². The maximum Gasteiger partial charge on any atom is 0.414 e. The van der Waals surface area contributed by atoms with E-state index in [4.69, 9.17) is 9.47 Å². The fourth-order valence-corrected chi connectivity index (χ4v) is 2.72. The largest absolute Gasteiger partial charge is 0.508 e. The lowest BCUT2D eigenvalue weighted by atomic mass is 9.94. The molecule has 29 heavy (non-hydrogen) atoms. The van der Waals surface area contributed by atoms with Crippen LogP contribution in [-0.2, 0) is 14.3 Å². The fourth-order valence-electron chi connectivity index (χ4n) is 2.63. The summed E-state index contributed by atoms with van der Waals surface area (Å²) < 4.78 is 10.5. The number of benzene rings is 2. The van der Waals surface area contributed by atoms with Crippen molar-refractivity contribution in [2.75, 3.05) is 12.4 Å². The molecule has 154 valence electrons. The highest BCUT2D eigenvalue weighted by Crippen LogP contribution is 2.29. The summed E-state index contributed by atoms with van der Waals surface area (Å²) in [5.74, 6) is -1.18. The number of ether oxygens (including phenoxy) is 2. The number of phenols is 1. The number of carbonyl (C=O) groups excluding carboxylic acids is 3. The van der Waals surface area contributed by atoms with Gasteiger partial charge in [0.1, 0.15) is 11.9 Å². The summed E-state index contributed by atoms with van der Waals surface area (Å²) in [6.45, 7) is 1.97. The van der Waals surface area contributed by atoms with Gasteiger partial charge in [0.15, 0.2) is 0 Å². The second-order valence-corrected chi connectivity index (χ2v) is 6.70. The lowest BCUT2D eigenvalue weighted by Gasteiger charge is -2.24. The zero-order chi connectivity index (χ0) is 21.2. The van der Waals surface area contributed by atoms with Crippen molar-refractivity contribution in [1.29, 1.82) is 0 Å². The van der Waals surface area contributed by atoms with E-state index < -0.39 is 24.1 Å². The molecule has 0 bridgehead atoms. The molecule has 2 atom stereocenters. The molecule has 7 nitrogen and oxygen atoms in total. The third kappa shape index (κ3) is 7.15. The average molecular weight is 417 g/mol. The molecule has 2 aromatic carbocycles. The van der Waals surface area contributed by atoms with E-state index in [0.717, 1.165) is 0 Å². The van der Waals surface area contributed by atoms with Crippen LogP contribution in [0, 0.1) is 5.92 Å². The summed E-state index contributed by atoms with van der Waals surface area (Å²) in [5, 5.41) is 11.7. The van der Waals surface area contributed by atoms with Gasteiger partial charge in [-0.2, -0.15) is 12.6 Å². The average Bonchev–Trinajstić information content (AvgIpc) is 2.73. The Bertz CT molecular complexity index is 825. The lowest BCUT2D eigenvalue weighted by Crippen LogP contribution is -2.33. The number of aromatic hydroxyl groups is 1. The van der Waals surface area contributed by atoms with Crippen LogP contribution >= 0.6 is 12.6 Å². The van der Waals surface area contributed by atoms with Gasteiger partial charge in [0.2, 0.25) is 0 Å². The molecule has 2 N–H and O–H groups in total. The van der Waals surface area contributed by atoms with Crippen LogP contribution in [0.1, 0.15) is 35.4 Å². The van der Waals surface area contributed by atoms with E-state index in [9.17, 15) is 19.5 Å². The van der Waals surface area contributed by atoms with Crippen molar-refractivity contribution in [3.05, 3.63) is 65.7 Å². The summed E-state index contributed by atoms with van der Waals surface area (Å²) in [6.07, 6.45) is -1.18. The standard InChI is InChI=1S/C21H23NO6S/c1-14(11-12-27-18(24)13-29)19(15-7-9-17(23)10-8-15)28-21(26)22-20(25)16-5-3-2-4-6-16/h2-10,14,19,23,29H,11-13H2,1H3,(H,22,25,26)/t14-,19+/m1/s1. The van der Waals surface area contributed by atoms with Gasteiger partial charge in [0.25, 0.3) is 5.91 Å². The van der Waals surface area contributed by atoms with Crippen molar-refractivity contribution in [1.82, 2.24) is 5.32 Å². The summed E-state index contributed by atoms with van der Waals surface area (Å²) in [4.78, 5) is 35.7. The summed E-state index contributed by atoms with van der Waals surface area (Å²) in [5.41, 5.74) is 0.968. The molecule has 0 saturated carbocycles. The minimum atomic E-state index is -0.892. The molecule has 2 rings (SSSR count). The Morgan fingerprint density at radius 1 is 1.07 bits per heavy atom. The fraction of sp³-hybridized carbons (Fsp3) is 0.286. The molecule has 0 aliphatic rings. The SMILES string of the molecule is C[C@H](CCOC(=O)CS)[C@H](OC(=O)NC(=O)c1ccccc1)c1ccc(O)cc1.